The Morgan fingerprint density at radius 1 is 0.929 bits per heavy atom. The lowest BCUT2D eigenvalue weighted by Crippen LogP contribution is -2.38. The van der Waals surface area contributed by atoms with E-state index in [-0.39, 0.29) is 18.8 Å². The van der Waals surface area contributed by atoms with E-state index in [2.05, 4.69) is 6.07 Å². The van der Waals surface area contributed by atoms with E-state index >= 15 is 0 Å². The SMILES string of the molecule is O=C([C@@H]1CCCO1)N(Cc1ccc2c(c1)CCO2)Cc1ccc2c(c1)OCO2. The van der Waals surface area contributed by atoms with Gasteiger partial charge in [0.05, 0.1) is 6.61 Å². The van der Waals surface area contributed by atoms with Crippen molar-refractivity contribution in [1.82, 2.24) is 4.90 Å². The lowest BCUT2D eigenvalue weighted by atomic mass is 10.1. The van der Waals surface area contributed by atoms with Crippen LogP contribution in [-0.4, -0.2) is 36.9 Å². The Labute approximate surface area is 163 Å². The molecule has 0 unspecified atom stereocenters. The minimum absolute atomic E-state index is 0.0481. The number of carbonyl (C=O) groups is 1. The second-order valence-corrected chi connectivity index (χ2v) is 7.42. The molecule has 2 aromatic carbocycles. The van der Waals surface area contributed by atoms with Crippen LogP contribution < -0.4 is 14.2 Å². The van der Waals surface area contributed by atoms with Gasteiger partial charge >= 0.3 is 0 Å². The second-order valence-electron chi connectivity index (χ2n) is 7.42. The van der Waals surface area contributed by atoms with Crippen LogP contribution in [0.3, 0.4) is 0 Å². The van der Waals surface area contributed by atoms with Gasteiger partial charge in [-0.15, -0.1) is 0 Å². The van der Waals surface area contributed by atoms with Crippen molar-refractivity contribution in [3.63, 3.8) is 0 Å². The zero-order chi connectivity index (χ0) is 18.9. The van der Waals surface area contributed by atoms with Crippen molar-refractivity contribution in [1.29, 1.82) is 0 Å². The number of nitrogens with zero attached hydrogens (tertiary/aromatic N) is 1. The van der Waals surface area contributed by atoms with Gasteiger partial charge in [-0.3, -0.25) is 4.79 Å². The van der Waals surface area contributed by atoms with Crippen LogP contribution in [0.25, 0.3) is 0 Å². The molecular formula is C22H23NO5. The van der Waals surface area contributed by atoms with Gasteiger partial charge in [0.15, 0.2) is 11.5 Å². The number of hydrogen-bond acceptors (Lipinski definition) is 5. The van der Waals surface area contributed by atoms with Crippen LogP contribution >= 0.6 is 0 Å². The fourth-order valence-corrected chi connectivity index (χ4v) is 4.01. The van der Waals surface area contributed by atoms with Crippen LogP contribution in [0.2, 0.25) is 0 Å². The Morgan fingerprint density at radius 2 is 1.71 bits per heavy atom. The van der Waals surface area contributed by atoms with E-state index in [1.807, 2.05) is 35.2 Å². The Kier molecular flexibility index (Phi) is 4.56. The molecule has 0 saturated carbocycles. The third-order valence-corrected chi connectivity index (χ3v) is 5.45. The first kappa shape index (κ1) is 17.4. The molecule has 146 valence electrons. The van der Waals surface area contributed by atoms with Gasteiger partial charge in [-0.2, -0.15) is 0 Å². The van der Waals surface area contributed by atoms with E-state index in [0.717, 1.165) is 54.2 Å². The highest BCUT2D eigenvalue weighted by Crippen LogP contribution is 2.33. The quantitative estimate of drug-likeness (QED) is 0.797. The third-order valence-electron chi connectivity index (χ3n) is 5.45. The predicted molar refractivity (Wildman–Crippen MR) is 101 cm³/mol. The average Bonchev–Trinajstić information content (AvgIpc) is 3.47. The molecule has 0 spiro atoms. The molecule has 5 rings (SSSR count). The standard InChI is InChI=1S/C22H23NO5/c24-22(20-2-1-8-25-20)23(12-15-3-5-18-17(10-15)7-9-26-18)13-16-4-6-19-21(11-16)28-14-27-19/h3-6,10-11,20H,1-2,7-9,12-14H2/t20-/m0/s1. The molecule has 1 amide bonds. The number of fused-ring (bicyclic) bond motifs is 2. The van der Waals surface area contributed by atoms with Crippen LogP contribution in [0.1, 0.15) is 29.5 Å². The molecular weight excluding hydrogens is 358 g/mol. The Morgan fingerprint density at radius 3 is 2.54 bits per heavy atom. The van der Waals surface area contributed by atoms with Gasteiger partial charge < -0.3 is 23.8 Å². The van der Waals surface area contributed by atoms with Crippen molar-refractivity contribution in [3.05, 3.63) is 53.1 Å². The topological polar surface area (TPSA) is 57.2 Å². The molecule has 0 bridgehead atoms. The molecule has 0 radical (unpaired) electrons. The highest BCUT2D eigenvalue weighted by Gasteiger charge is 2.29. The van der Waals surface area contributed by atoms with Gasteiger partial charge in [-0.1, -0.05) is 18.2 Å². The normalized spacial score (nSPS) is 19.4. The number of amides is 1. The monoisotopic (exact) mass is 381 g/mol. The maximum atomic E-state index is 13.1. The van der Waals surface area contributed by atoms with Gasteiger partial charge in [-0.05, 0) is 47.7 Å². The molecule has 1 fully saturated rings. The van der Waals surface area contributed by atoms with Crippen molar-refractivity contribution >= 4 is 5.91 Å². The maximum absolute atomic E-state index is 13.1. The van der Waals surface area contributed by atoms with Crippen molar-refractivity contribution < 1.29 is 23.7 Å². The smallest absolute Gasteiger partial charge is 0.252 e. The van der Waals surface area contributed by atoms with Crippen LogP contribution in [0.5, 0.6) is 17.2 Å². The van der Waals surface area contributed by atoms with Crippen molar-refractivity contribution in [2.24, 2.45) is 0 Å². The van der Waals surface area contributed by atoms with E-state index in [4.69, 9.17) is 18.9 Å². The molecule has 1 saturated heterocycles. The third kappa shape index (κ3) is 3.40. The second kappa shape index (κ2) is 7.36. The largest absolute Gasteiger partial charge is 0.493 e. The molecule has 1 atom stereocenters. The first-order chi connectivity index (χ1) is 13.8. The zero-order valence-corrected chi connectivity index (χ0v) is 15.7. The first-order valence-electron chi connectivity index (χ1n) is 9.80. The van der Waals surface area contributed by atoms with Gasteiger partial charge in [0.1, 0.15) is 11.9 Å². The van der Waals surface area contributed by atoms with E-state index in [9.17, 15) is 4.79 Å². The number of benzene rings is 2. The van der Waals surface area contributed by atoms with Gasteiger partial charge in [0, 0.05) is 26.1 Å². The lowest BCUT2D eigenvalue weighted by molar-refractivity contribution is -0.142. The van der Waals surface area contributed by atoms with E-state index in [1.54, 1.807) is 0 Å². The Balaban J connectivity index is 1.38. The minimum Gasteiger partial charge on any atom is -0.493 e. The molecule has 3 heterocycles. The van der Waals surface area contributed by atoms with Crippen molar-refractivity contribution in [2.45, 2.75) is 38.5 Å². The summed E-state index contributed by atoms with van der Waals surface area (Å²) >= 11 is 0. The highest BCUT2D eigenvalue weighted by molar-refractivity contribution is 5.81. The molecule has 0 N–H and O–H groups in total. The Bertz CT molecular complexity index is 831. The van der Waals surface area contributed by atoms with E-state index in [0.29, 0.717) is 19.7 Å². The summed E-state index contributed by atoms with van der Waals surface area (Å²) in [7, 11) is 0. The molecule has 3 aliphatic rings. The lowest BCUT2D eigenvalue weighted by Gasteiger charge is -2.26. The van der Waals surface area contributed by atoms with E-state index in [1.165, 1.54) is 5.56 Å². The molecule has 6 nitrogen and oxygen atoms in total. The maximum Gasteiger partial charge on any atom is 0.252 e. The van der Waals surface area contributed by atoms with Crippen molar-refractivity contribution in [3.8, 4) is 17.2 Å². The summed E-state index contributed by atoms with van der Waals surface area (Å²) in [5.74, 6) is 2.49. The summed E-state index contributed by atoms with van der Waals surface area (Å²) in [6.45, 7) is 2.68. The molecule has 0 aromatic heterocycles. The number of ether oxygens (including phenoxy) is 4. The molecule has 6 heteroatoms. The summed E-state index contributed by atoms with van der Waals surface area (Å²) in [5, 5.41) is 0. The molecule has 0 aliphatic carbocycles. The zero-order valence-electron chi connectivity index (χ0n) is 15.7. The van der Waals surface area contributed by atoms with Gasteiger partial charge in [0.25, 0.3) is 5.91 Å². The first-order valence-corrected chi connectivity index (χ1v) is 9.80. The van der Waals surface area contributed by atoms with E-state index < -0.39 is 0 Å². The fraction of sp³-hybridized carbons (Fsp3) is 0.409. The predicted octanol–water partition coefficient (Wildman–Crippen LogP) is 3.06. The van der Waals surface area contributed by atoms with Gasteiger partial charge in [-0.25, -0.2) is 0 Å². The molecule has 28 heavy (non-hydrogen) atoms. The summed E-state index contributed by atoms with van der Waals surface area (Å²) in [5.41, 5.74) is 3.33. The van der Waals surface area contributed by atoms with Crippen LogP contribution in [0.4, 0.5) is 0 Å². The minimum atomic E-state index is -0.341. The van der Waals surface area contributed by atoms with Crippen LogP contribution in [-0.2, 0) is 29.0 Å². The fourth-order valence-electron chi connectivity index (χ4n) is 4.01. The summed E-state index contributed by atoms with van der Waals surface area (Å²) < 4.78 is 22.1. The molecule has 2 aromatic rings. The highest BCUT2D eigenvalue weighted by atomic mass is 16.7. The van der Waals surface area contributed by atoms with Gasteiger partial charge in [0.2, 0.25) is 6.79 Å². The Hall–Kier alpha value is -2.73. The number of carbonyl (C=O) groups excluding carboxylic acids is 1. The number of hydrogen-bond donors (Lipinski definition) is 0. The summed E-state index contributed by atoms with van der Waals surface area (Å²) in [6, 6.07) is 12.0. The van der Waals surface area contributed by atoms with Crippen LogP contribution in [0, 0.1) is 0 Å². The van der Waals surface area contributed by atoms with Crippen LogP contribution in [0.15, 0.2) is 36.4 Å². The summed E-state index contributed by atoms with van der Waals surface area (Å²) in [6.07, 6.45) is 2.30. The number of rotatable bonds is 5. The van der Waals surface area contributed by atoms with Crippen molar-refractivity contribution in [2.75, 3.05) is 20.0 Å². The summed E-state index contributed by atoms with van der Waals surface area (Å²) in [4.78, 5) is 15.0. The molecule has 3 aliphatic heterocycles. The average molecular weight is 381 g/mol.